The highest BCUT2D eigenvalue weighted by molar-refractivity contribution is 7.88. The van der Waals surface area contributed by atoms with Crippen LogP contribution in [-0.4, -0.2) is 47.8 Å². The average Bonchev–Trinajstić information content (AvgIpc) is 2.90. The Morgan fingerprint density at radius 2 is 1.82 bits per heavy atom. The molecular formula is C19H25FN4O3S. The average molecular weight is 408 g/mol. The van der Waals surface area contributed by atoms with Gasteiger partial charge in [-0.1, -0.05) is 12.1 Å². The van der Waals surface area contributed by atoms with Crippen LogP contribution in [0.5, 0.6) is 0 Å². The number of anilines is 1. The van der Waals surface area contributed by atoms with E-state index in [1.54, 1.807) is 16.8 Å². The summed E-state index contributed by atoms with van der Waals surface area (Å²) in [6.07, 6.45) is 2.19. The van der Waals surface area contributed by atoms with Crippen LogP contribution in [0.4, 0.5) is 10.1 Å². The van der Waals surface area contributed by atoms with Gasteiger partial charge in [0.2, 0.25) is 15.9 Å². The maximum absolute atomic E-state index is 13.1. The van der Waals surface area contributed by atoms with Gasteiger partial charge in [-0.2, -0.15) is 5.10 Å². The van der Waals surface area contributed by atoms with Crippen LogP contribution in [0.2, 0.25) is 0 Å². The maximum Gasteiger partial charge on any atom is 0.227 e. The van der Waals surface area contributed by atoms with E-state index in [0.29, 0.717) is 43.9 Å². The first-order chi connectivity index (χ1) is 13.1. The molecule has 1 N–H and O–H groups in total. The molecule has 0 aliphatic carbocycles. The number of hydrogen-bond acceptors (Lipinski definition) is 4. The van der Waals surface area contributed by atoms with E-state index in [4.69, 9.17) is 0 Å². The molecule has 1 saturated heterocycles. The molecule has 1 aromatic heterocycles. The molecular weight excluding hydrogens is 383 g/mol. The number of nitrogens with one attached hydrogen (secondary N) is 1. The lowest BCUT2D eigenvalue weighted by Gasteiger charge is -2.29. The quantitative estimate of drug-likeness (QED) is 0.823. The Bertz CT molecular complexity index is 962. The second-order valence-corrected chi connectivity index (χ2v) is 9.24. The Morgan fingerprint density at radius 1 is 1.21 bits per heavy atom. The van der Waals surface area contributed by atoms with Crippen LogP contribution < -0.4 is 5.32 Å². The fourth-order valence-electron chi connectivity index (χ4n) is 3.47. The van der Waals surface area contributed by atoms with Gasteiger partial charge in [0.15, 0.2) is 0 Å². The van der Waals surface area contributed by atoms with Crippen molar-refractivity contribution >= 4 is 21.6 Å². The van der Waals surface area contributed by atoms with Crippen molar-refractivity contribution in [1.29, 1.82) is 0 Å². The third-order valence-corrected chi connectivity index (χ3v) is 6.47. The van der Waals surface area contributed by atoms with E-state index in [-0.39, 0.29) is 17.6 Å². The summed E-state index contributed by atoms with van der Waals surface area (Å²) in [6.45, 7) is 4.91. The van der Waals surface area contributed by atoms with Crippen molar-refractivity contribution < 1.29 is 17.6 Å². The van der Waals surface area contributed by atoms with Gasteiger partial charge in [0.1, 0.15) is 5.82 Å². The Morgan fingerprint density at radius 3 is 2.39 bits per heavy atom. The molecule has 0 atom stereocenters. The number of halogens is 1. The van der Waals surface area contributed by atoms with E-state index in [1.165, 1.54) is 22.7 Å². The Kier molecular flexibility index (Phi) is 5.85. The first-order valence-electron chi connectivity index (χ1n) is 9.19. The third-order valence-electron chi connectivity index (χ3n) is 5.17. The van der Waals surface area contributed by atoms with E-state index in [0.717, 1.165) is 11.3 Å². The van der Waals surface area contributed by atoms with E-state index < -0.39 is 10.0 Å². The number of amides is 1. The van der Waals surface area contributed by atoms with Crippen molar-refractivity contribution in [2.24, 2.45) is 5.92 Å². The summed E-state index contributed by atoms with van der Waals surface area (Å²) in [5, 5.41) is 7.46. The standard InChI is InChI=1S/C19H25FN4O3S/c1-13-18(14(2)24(22-13)12-15-4-6-17(20)7-5-15)21-19(25)16-8-10-23(11-9-16)28(3,26)27/h4-7,16H,8-12H2,1-3H3,(H,21,25). The number of carbonyl (C=O) groups excluding carboxylic acids is 1. The van der Waals surface area contributed by atoms with Crippen molar-refractivity contribution in [2.45, 2.75) is 33.2 Å². The molecule has 2 heterocycles. The summed E-state index contributed by atoms with van der Waals surface area (Å²) in [5.74, 6) is -0.620. The van der Waals surface area contributed by atoms with Gasteiger partial charge in [0, 0.05) is 19.0 Å². The summed E-state index contributed by atoms with van der Waals surface area (Å²) in [4.78, 5) is 12.7. The van der Waals surface area contributed by atoms with E-state index in [2.05, 4.69) is 10.4 Å². The van der Waals surface area contributed by atoms with Crippen molar-refractivity contribution in [3.8, 4) is 0 Å². The molecule has 0 bridgehead atoms. The molecule has 1 aromatic carbocycles. The number of carbonyl (C=O) groups is 1. The van der Waals surface area contributed by atoms with E-state index in [9.17, 15) is 17.6 Å². The zero-order valence-corrected chi connectivity index (χ0v) is 17.1. The Labute approximate surface area is 164 Å². The first kappa shape index (κ1) is 20.5. The van der Waals surface area contributed by atoms with Gasteiger partial charge in [0.05, 0.1) is 29.9 Å². The Balaban J connectivity index is 1.67. The van der Waals surface area contributed by atoms with Crippen LogP contribution in [0.25, 0.3) is 0 Å². The van der Waals surface area contributed by atoms with Gasteiger partial charge in [-0.15, -0.1) is 0 Å². The maximum atomic E-state index is 13.1. The highest BCUT2D eigenvalue weighted by Crippen LogP contribution is 2.25. The summed E-state index contributed by atoms with van der Waals surface area (Å²) in [5.41, 5.74) is 3.13. The van der Waals surface area contributed by atoms with E-state index >= 15 is 0 Å². The number of benzene rings is 1. The van der Waals surface area contributed by atoms with Gasteiger partial charge in [0.25, 0.3) is 0 Å². The van der Waals surface area contributed by atoms with Crippen LogP contribution in [0.3, 0.4) is 0 Å². The van der Waals surface area contributed by atoms with Gasteiger partial charge in [-0.05, 0) is 44.4 Å². The summed E-state index contributed by atoms with van der Waals surface area (Å²) >= 11 is 0. The number of hydrogen-bond donors (Lipinski definition) is 1. The monoisotopic (exact) mass is 408 g/mol. The summed E-state index contributed by atoms with van der Waals surface area (Å²) in [6, 6.07) is 6.23. The van der Waals surface area contributed by atoms with Crippen LogP contribution in [0.1, 0.15) is 29.8 Å². The molecule has 0 saturated carbocycles. The smallest absolute Gasteiger partial charge is 0.227 e. The fourth-order valence-corrected chi connectivity index (χ4v) is 4.34. The van der Waals surface area contributed by atoms with Gasteiger partial charge in [-0.3, -0.25) is 9.48 Å². The number of piperidine rings is 1. The van der Waals surface area contributed by atoms with Crippen LogP contribution in [0.15, 0.2) is 24.3 Å². The molecule has 28 heavy (non-hydrogen) atoms. The molecule has 3 rings (SSSR count). The lowest BCUT2D eigenvalue weighted by atomic mass is 9.97. The second kappa shape index (κ2) is 8.00. The number of aromatic nitrogens is 2. The molecule has 152 valence electrons. The lowest BCUT2D eigenvalue weighted by molar-refractivity contribution is -0.120. The predicted octanol–water partition coefficient (Wildman–Crippen LogP) is 2.30. The SMILES string of the molecule is Cc1nn(Cc2ccc(F)cc2)c(C)c1NC(=O)C1CCN(S(C)(=O)=O)CC1. The zero-order valence-electron chi connectivity index (χ0n) is 16.3. The van der Waals surface area contributed by atoms with Gasteiger partial charge in [-0.25, -0.2) is 17.1 Å². The van der Waals surface area contributed by atoms with E-state index in [1.807, 2.05) is 13.8 Å². The predicted molar refractivity (Wildman–Crippen MR) is 105 cm³/mol. The second-order valence-electron chi connectivity index (χ2n) is 7.26. The minimum absolute atomic E-state index is 0.110. The highest BCUT2D eigenvalue weighted by atomic mass is 32.2. The molecule has 0 spiro atoms. The minimum Gasteiger partial charge on any atom is -0.323 e. The first-order valence-corrected chi connectivity index (χ1v) is 11.0. The normalized spacial score (nSPS) is 16.3. The van der Waals surface area contributed by atoms with Crippen molar-refractivity contribution in [1.82, 2.24) is 14.1 Å². The molecule has 1 amide bonds. The minimum atomic E-state index is -3.21. The fraction of sp³-hybridized carbons (Fsp3) is 0.474. The molecule has 7 nitrogen and oxygen atoms in total. The molecule has 1 fully saturated rings. The van der Waals surface area contributed by atoms with Gasteiger partial charge >= 0.3 is 0 Å². The van der Waals surface area contributed by atoms with Crippen molar-refractivity contribution in [3.63, 3.8) is 0 Å². The molecule has 1 aliphatic heterocycles. The van der Waals surface area contributed by atoms with Crippen LogP contribution >= 0.6 is 0 Å². The zero-order chi connectivity index (χ0) is 20.5. The highest BCUT2D eigenvalue weighted by Gasteiger charge is 2.29. The van der Waals surface area contributed by atoms with Crippen LogP contribution in [-0.2, 0) is 21.4 Å². The number of rotatable bonds is 5. The summed E-state index contributed by atoms with van der Waals surface area (Å²) in [7, 11) is -3.21. The van der Waals surface area contributed by atoms with Gasteiger partial charge < -0.3 is 5.32 Å². The number of nitrogens with zero attached hydrogens (tertiary/aromatic N) is 3. The number of aryl methyl sites for hydroxylation is 1. The number of sulfonamides is 1. The molecule has 0 unspecified atom stereocenters. The van der Waals surface area contributed by atoms with Crippen LogP contribution in [0, 0.1) is 25.6 Å². The third kappa shape index (κ3) is 4.59. The lowest BCUT2D eigenvalue weighted by Crippen LogP contribution is -2.41. The Hall–Kier alpha value is -2.26. The molecule has 0 radical (unpaired) electrons. The topological polar surface area (TPSA) is 84.3 Å². The molecule has 9 heteroatoms. The van der Waals surface area contributed by atoms with Crippen molar-refractivity contribution in [3.05, 3.63) is 47.0 Å². The molecule has 2 aromatic rings. The summed E-state index contributed by atoms with van der Waals surface area (Å²) < 4.78 is 39.5. The largest absolute Gasteiger partial charge is 0.323 e. The molecule has 1 aliphatic rings. The van der Waals surface area contributed by atoms with Crippen molar-refractivity contribution in [2.75, 3.05) is 24.7 Å².